The Bertz CT molecular complexity index is 448. The van der Waals surface area contributed by atoms with Crippen LogP contribution >= 0.6 is 22.6 Å². The molecule has 4 heteroatoms. The second kappa shape index (κ2) is 6.81. The van der Waals surface area contributed by atoms with Crippen molar-refractivity contribution in [2.45, 2.75) is 25.9 Å². The largest absolute Gasteiger partial charge is 0.385 e. The van der Waals surface area contributed by atoms with Crippen LogP contribution in [0.5, 0.6) is 0 Å². The van der Waals surface area contributed by atoms with Crippen molar-refractivity contribution in [3.05, 3.63) is 35.4 Å². The summed E-state index contributed by atoms with van der Waals surface area (Å²) in [6.45, 7) is 4.82. The molecule has 0 bridgehead atoms. The number of nitrogens with zero attached hydrogens (tertiary/aromatic N) is 1. The lowest BCUT2D eigenvalue weighted by molar-refractivity contribution is -0.0292. The van der Waals surface area contributed by atoms with Gasteiger partial charge in [-0.05, 0) is 32.1 Å². The number of halogens is 1. The highest BCUT2D eigenvalue weighted by Gasteiger charge is 2.34. The second-order valence-electron chi connectivity index (χ2n) is 5.30. The smallest absolute Gasteiger partial charge is 0.222 e. The first-order valence-corrected chi connectivity index (χ1v) is 7.56. The van der Waals surface area contributed by atoms with E-state index < -0.39 is 5.60 Å². The van der Waals surface area contributed by atoms with Crippen LogP contribution in [0, 0.1) is 5.92 Å². The van der Waals surface area contributed by atoms with Gasteiger partial charge in [0.15, 0.2) is 0 Å². The zero-order valence-corrected chi connectivity index (χ0v) is 14.1. The van der Waals surface area contributed by atoms with E-state index in [1.54, 1.807) is 28.7 Å². The van der Waals surface area contributed by atoms with Crippen molar-refractivity contribution in [2.75, 3.05) is 20.6 Å². The van der Waals surface area contributed by atoms with E-state index in [1.165, 1.54) is 0 Å². The van der Waals surface area contributed by atoms with Gasteiger partial charge in [-0.3, -0.25) is 4.79 Å². The lowest BCUT2D eigenvalue weighted by Gasteiger charge is -2.35. The minimum absolute atomic E-state index is 0.00170. The fourth-order valence-corrected chi connectivity index (χ4v) is 2.78. The van der Waals surface area contributed by atoms with Gasteiger partial charge in [0.1, 0.15) is 0 Å². The van der Waals surface area contributed by atoms with Gasteiger partial charge in [-0.25, -0.2) is 0 Å². The maximum absolute atomic E-state index is 11.5. The molecule has 106 valence electrons. The summed E-state index contributed by atoms with van der Waals surface area (Å²) in [6, 6.07) is 7.33. The van der Waals surface area contributed by atoms with E-state index in [4.69, 9.17) is 0 Å². The Hall–Kier alpha value is -0.460. The van der Waals surface area contributed by atoms with Crippen LogP contribution < -0.4 is 0 Å². The van der Waals surface area contributed by atoms with Gasteiger partial charge in [0.2, 0.25) is 3.79 Å². The quantitative estimate of drug-likeness (QED) is 0.614. The van der Waals surface area contributed by atoms with Gasteiger partial charge in [0.05, 0.1) is 5.60 Å². The molecule has 2 atom stereocenters. The minimum atomic E-state index is -0.896. The zero-order chi connectivity index (χ0) is 14.6. The lowest BCUT2D eigenvalue weighted by Crippen LogP contribution is -2.38. The Labute approximate surface area is 129 Å². The molecule has 0 amide bonds. The third-order valence-corrected chi connectivity index (χ3v) is 4.21. The van der Waals surface area contributed by atoms with Crippen LogP contribution in [0.1, 0.15) is 36.2 Å². The SMILES string of the molecule is CCC(O)(c1cccc(C(=O)I)c1)[C@@H](C)CN(C)C. The number of carbonyl (C=O) groups excluding carboxylic acids is 1. The van der Waals surface area contributed by atoms with Gasteiger partial charge in [-0.1, -0.05) is 32.0 Å². The van der Waals surface area contributed by atoms with Crippen LogP contribution in [0.25, 0.3) is 0 Å². The molecule has 0 aliphatic carbocycles. The van der Waals surface area contributed by atoms with Gasteiger partial charge in [0.25, 0.3) is 0 Å². The van der Waals surface area contributed by atoms with E-state index in [0.29, 0.717) is 12.0 Å². The molecule has 0 radical (unpaired) electrons. The Morgan fingerprint density at radius 3 is 2.58 bits per heavy atom. The van der Waals surface area contributed by atoms with Gasteiger partial charge in [-0.15, -0.1) is 0 Å². The maximum atomic E-state index is 11.5. The maximum Gasteiger partial charge on any atom is 0.222 e. The van der Waals surface area contributed by atoms with Gasteiger partial charge in [-0.2, -0.15) is 0 Å². The average Bonchev–Trinajstić information content (AvgIpc) is 2.37. The molecule has 1 aromatic carbocycles. The molecule has 0 aromatic heterocycles. The Balaban J connectivity index is 3.13. The molecule has 0 heterocycles. The van der Waals surface area contributed by atoms with Crippen molar-refractivity contribution < 1.29 is 9.90 Å². The lowest BCUT2D eigenvalue weighted by atomic mass is 9.79. The van der Waals surface area contributed by atoms with E-state index >= 15 is 0 Å². The molecule has 19 heavy (non-hydrogen) atoms. The number of rotatable bonds is 6. The van der Waals surface area contributed by atoms with Gasteiger partial charge >= 0.3 is 0 Å². The molecule has 1 rings (SSSR count). The van der Waals surface area contributed by atoms with Crippen molar-refractivity contribution in [3.63, 3.8) is 0 Å². The van der Waals surface area contributed by atoms with Crippen molar-refractivity contribution in [2.24, 2.45) is 5.92 Å². The fourth-order valence-electron chi connectivity index (χ4n) is 2.45. The molecule has 0 fully saturated rings. The molecule has 3 nitrogen and oxygen atoms in total. The summed E-state index contributed by atoms with van der Waals surface area (Å²) in [6.07, 6.45) is 0.626. The molecule has 0 spiro atoms. The summed E-state index contributed by atoms with van der Waals surface area (Å²) in [5.74, 6) is 0.0899. The van der Waals surface area contributed by atoms with Gasteiger partial charge in [0, 0.05) is 40.6 Å². The predicted molar refractivity (Wildman–Crippen MR) is 86.7 cm³/mol. The average molecular weight is 375 g/mol. The molecule has 0 saturated heterocycles. The summed E-state index contributed by atoms with van der Waals surface area (Å²) in [5, 5.41) is 11.0. The van der Waals surface area contributed by atoms with Crippen LogP contribution in [-0.4, -0.2) is 34.4 Å². The molecule has 1 N–H and O–H groups in total. The third kappa shape index (κ3) is 4.00. The van der Waals surface area contributed by atoms with Crippen LogP contribution in [0.4, 0.5) is 0 Å². The van der Waals surface area contributed by atoms with E-state index in [1.807, 2.05) is 46.1 Å². The monoisotopic (exact) mass is 375 g/mol. The standard InChI is InChI=1S/C15H22INO2/c1-5-15(19,11(2)10-17(3)4)13-8-6-7-12(9-13)14(16)18/h6-9,11,19H,5,10H2,1-4H3/t11-,15?/m0/s1. The van der Waals surface area contributed by atoms with Crippen molar-refractivity contribution in [1.82, 2.24) is 4.90 Å². The molecular formula is C15H22INO2. The van der Waals surface area contributed by atoms with E-state index in [0.717, 1.165) is 12.1 Å². The molecule has 0 aliphatic rings. The number of hydrogen-bond acceptors (Lipinski definition) is 3. The summed E-state index contributed by atoms with van der Waals surface area (Å²) in [5.41, 5.74) is 0.570. The van der Waals surface area contributed by atoms with E-state index in [-0.39, 0.29) is 9.71 Å². The van der Waals surface area contributed by atoms with E-state index in [9.17, 15) is 9.90 Å². The number of benzene rings is 1. The highest BCUT2D eigenvalue weighted by atomic mass is 127. The third-order valence-electron chi connectivity index (χ3n) is 3.58. The Morgan fingerprint density at radius 1 is 1.47 bits per heavy atom. The molecule has 0 aliphatic heterocycles. The van der Waals surface area contributed by atoms with Crippen LogP contribution in [0.15, 0.2) is 24.3 Å². The molecule has 1 aromatic rings. The Morgan fingerprint density at radius 2 is 2.11 bits per heavy atom. The zero-order valence-electron chi connectivity index (χ0n) is 12.0. The van der Waals surface area contributed by atoms with E-state index in [2.05, 4.69) is 4.90 Å². The first kappa shape index (κ1) is 16.6. The second-order valence-corrected chi connectivity index (χ2v) is 6.28. The number of carbonyl (C=O) groups is 1. The van der Waals surface area contributed by atoms with Crippen LogP contribution in [0.2, 0.25) is 0 Å². The highest BCUT2D eigenvalue weighted by Crippen LogP contribution is 2.34. The first-order valence-electron chi connectivity index (χ1n) is 6.48. The Kier molecular flexibility index (Phi) is 5.95. The normalized spacial score (nSPS) is 16.2. The van der Waals surface area contributed by atoms with Crippen LogP contribution in [-0.2, 0) is 5.60 Å². The highest BCUT2D eigenvalue weighted by molar-refractivity contribution is 14.1. The molecular weight excluding hydrogens is 353 g/mol. The van der Waals surface area contributed by atoms with Crippen molar-refractivity contribution >= 4 is 26.4 Å². The summed E-state index contributed by atoms with van der Waals surface area (Å²) < 4.78 is -0.00170. The molecule has 1 unspecified atom stereocenters. The number of hydrogen-bond donors (Lipinski definition) is 1. The fraction of sp³-hybridized carbons (Fsp3) is 0.533. The van der Waals surface area contributed by atoms with Gasteiger partial charge < -0.3 is 10.0 Å². The summed E-state index contributed by atoms with van der Waals surface area (Å²) in [7, 11) is 3.99. The number of aliphatic hydroxyl groups is 1. The van der Waals surface area contributed by atoms with Crippen molar-refractivity contribution in [1.29, 1.82) is 0 Å². The summed E-state index contributed by atoms with van der Waals surface area (Å²) in [4.78, 5) is 13.5. The van der Waals surface area contributed by atoms with Crippen LogP contribution in [0.3, 0.4) is 0 Å². The first-order chi connectivity index (χ1) is 8.81. The topological polar surface area (TPSA) is 40.5 Å². The molecule has 0 saturated carbocycles. The minimum Gasteiger partial charge on any atom is -0.385 e. The predicted octanol–water partition coefficient (Wildman–Crippen LogP) is 3.06. The summed E-state index contributed by atoms with van der Waals surface area (Å²) >= 11 is 1.77. The van der Waals surface area contributed by atoms with Crippen molar-refractivity contribution in [3.8, 4) is 0 Å².